The van der Waals surface area contributed by atoms with E-state index in [1.165, 1.54) is 62.5 Å². The minimum atomic E-state index is -1.21. The van der Waals surface area contributed by atoms with Gasteiger partial charge in [0.25, 0.3) is 11.1 Å². The van der Waals surface area contributed by atoms with Gasteiger partial charge >= 0.3 is 22.8 Å². The lowest BCUT2D eigenvalue weighted by atomic mass is 9.97. The summed E-state index contributed by atoms with van der Waals surface area (Å²) >= 11 is 56.5. The van der Waals surface area contributed by atoms with E-state index in [-0.39, 0.29) is 98.2 Å². The van der Waals surface area contributed by atoms with Crippen LogP contribution in [0.3, 0.4) is 0 Å². The number of aromatic nitrogens is 8. The molecular formula is C82H46Cl9F5N8O8. The summed E-state index contributed by atoms with van der Waals surface area (Å²) in [7, 11) is 0. The average molecular weight is 1690 g/mol. The number of phenolic OH excluding ortho intramolecular Hbond substituents is 1. The topological polar surface area (TPSA) is 220 Å². The maximum Gasteiger partial charge on any atom is 0.352 e. The van der Waals surface area contributed by atoms with Crippen LogP contribution in [-0.2, 0) is 6.61 Å². The summed E-state index contributed by atoms with van der Waals surface area (Å²) in [5.41, 5.74) is 2.85. The second-order valence-electron chi connectivity index (χ2n) is 24.4. The van der Waals surface area contributed by atoms with Gasteiger partial charge < -0.3 is 10.2 Å². The summed E-state index contributed by atoms with van der Waals surface area (Å²) in [4.78, 5) is 88.1. The lowest BCUT2D eigenvalue weighted by Gasteiger charge is -2.16. The van der Waals surface area contributed by atoms with Crippen molar-refractivity contribution >= 4 is 148 Å². The first kappa shape index (κ1) is 78.9. The second kappa shape index (κ2) is 33.0. The van der Waals surface area contributed by atoms with E-state index in [9.17, 15) is 60.9 Å². The molecule has 0 fully saturated rings. The molecule has 16 nitrogen and oxygen atoms in total. The molecule has 0 radical (unpaired) electrons. The highest BCUT2D eigenvalue weighted by molar-refractivity contribution is 6.40. The first-order valence-corrected chi connectivity index (χ1v) is 36.2. The summed E-state index contributed by atoms with van der Waals surface area (Å²) in [6.45, 7) is 1.54. The van der Waals surface area contributed by atoms with Gasteiger partial charge in [0.1, 0.15) is 23.2 Å². The zero-order chi connectivity index (χ0) is 79.8. The number of halogens is 14. The lowest BCUT2D eigenvalue weighted by molar-refractivity contribution is 0.282. The highest BCUT2D eigenvalue weighted by atomic mass is 35.5. The van der Waals surface area contributed by atoms with Crippen molar-refractivity contribution in [2.45, 2.75) is 13.5 Å². The molecule has 4 N–H and O–H groups in total. The van der Waals surface area contributed by atoms with Crippen LogP contribution in [0.2, 0.25) is 45.2 Å². The molecule has 0 atom stereocenters. The summed E-state index contributed by atoms with van der Waals surface area (Å²) < 4.78 is 74.4. The molecule has 0 bridgehead atoms. The Balaban J connectivity index is 0.000000131. The number of hydrogen-bond donors (Lipinski definition) is 4. The van der Waals surface area contributed by atoms with E-state index < -0.39 is 62.9 Å². The number of fused-ring (bicyclic) bond motifs is 4. The molecule has 0 amide bonds. The molecule has 560 valence electrons. The van der Waals surface area contributed by atoms with Crippen molar-refractivity contribution in [1.29, 1.82) is 0 Å². The van der Waals surface area contributed by atoms with Crippen LogP contribution in [0.15, 0.2) is 253 Å². The Labute approximate surface area is 672 Å². The maximum atomic E-state index is 14.4. The van der Waals surface area contributed by atoms with E-state index in [2.05, 4.69) is 19.9 Å². The minimum Gasteiger partial charge on any atom is -0.507 e. The highest BCUT2D eigenvalue weighted by Gasteiger charge is 2.25. The Morgan fingerprint density at radius 2 is 0.723 bits per heavy atom. The number of aryl methyl sites for hydroxylation is 1. The molecule has 16 rings (SSSR count). The molecule has 0 unspecified atom stereocenters. The van der Waals surface area contributed by atoms with Crippen molar-refractivity contribution in [3.8, 4) is 73.0 Å². The Bertz CT molecular complexity index is 6650. The molecule has 0 saturated carbocycles. The first-order chi connectivity index (χ1) is 53.7. The van der Waals surface area contributed by atoms with Crippen LogP contribution >= 0.6 is 104 Å². The monoisotopic (exact) mass is 1680 g/mol. The van der Waals surface area contributed by atoms with Crippen molar-refractivity contribution in [1.82, 2.24) is 38.2 Å². The van der Waals surface area contributed by atoms with Gasteiger partial charge in [-0.05, 0) is 161 Å². The summed E-state index contributed by atoms with van der Waals surface area (Å²) in [5, 5.41) is 23.8. The van der Waals surface area contributed by atoms with Crippen molar-refractivity contribution in [3.05, 3.63) is 373 Å². The largest absolute Gasteiger partial charge is 0.507 e. The van der Waals surface area contributed by atoms with Gasteiger partial charge in [-0.3, -0.25) is 37.8 Å². The Morgan fingerprint density at radius 1 is 0.366 bits per heavy atom. The number of nitrogens with zero attached hydrogens (tertiary/aromatic N) is 6. The Kier molecular flexibility index (Phi) is 23.3. The van der Waals surface area contributed by atoms with Crippen LogP contribution in [0.25, 0.3) is 111 Å². The van der Waals surface area contributed by atoms with Crippen molar-refractivity contribution in [3.63, 3.8) is 0 Å². The molecule has 112 heavy (non-hydrogen) atoms. The number of benzene rings is 12. The third-order valence-electron chi connectivity index (χ3n) is 17.8. The fraction of sp³-hybridized carbons (Fsp3) is 0.0244. The number of para-hydroxylation sites is 4. The first-order valence-electron chi connectivity index (χ1n) is 32.8. The third-order valence-corrected chi connectivity index (χ3v) is 20.6. The third kappa shape index (κ3) is 15.2. The number of aliphatic hydroxyl groups is 1. The van der Waals surface area contributed by atoms with Gasteiger partial charge in [-0.1, -0.05) is 195 Å². The SMILES string of the molecule is Cc1cc(F)ccc1-c1cccc2c1c(=O)[nH]c(=O)n2-c1c(Cl)cccc1Cl.O=c1[nH]c(=O)n(-c2c(Cl)cccc2Cl)c2cccc(-c3ccc(F)cc3F)c12.O=c1ncc2c(-c3c(O)ccc(F)c3F)cccc2n1-c1c(Cl)cccc1Cl.O=c1ncc2c(-c3cccc(Cl)c3CO)cccc2n1-c1c(Cl)cccc1Cl. The van der Waals surface area contributed by atoms with Crippen LogP contribution in [-0.4, -0.2) is 48.4 Å². The van der Waals surface area contributed by atoms with Gasteiger partial charge in [0.2, 0.25) is 0 Å². The quantitative estimate of drug-likeness (QED) is 0.100. The average Bonchev–Trinajstić information content (AvgIpc) is 0.745. The van der Waals surface area contributed by atoms with Gasteiger partial charge in [0, 0.05) is 45.4 Å². The number of aromatic hydroxyl groups is 1. The molecule has 30 heteroatoms. The van der Waals surface area contributed by atoms with E-state index in [0.717, 1.165) is 40.0 Å². The van der Waals surface area contributed by atoms with Crippen molar-refractivity contribution in [2.24, 2.45) is 0 Å². The fourth-order valence-corrected chi connectivity index (χ4v) is 15.4. The molecule has 0 saturated heterocycles. The van der Waals surface area contributed by atoms with E-state index in [4.69, 9.17) is 104 Å². The number of rotatable bonds is 9. The number of phenols is 1. The Morgan fingerprint density at radius 3 is 1.16 bits per heavy atom. The number of hydrogen-bond acceptors (Lipinski definition) is 10. The summed E-state index contributed by atoms with van der Waals surface area (Å²) in [6.07, 6.45) is 2.74. The van der Waals surface area contributed by atoms with Gasteiger partial charge in [0.15, 0.2) is 11.6 Å². The van der Waals surface area contributed by atoms with E-state index in [1.807, 2.05) is 24.3 Å². The normalized spacial score (nSPS) is 11.1. The van der Waals surface area contributed by atoms with Gasteiger partial charge in [0.05, 0.1) is 108 Å². The van der Waals surface area contributed by atoms with E-state index in [0.29, 0.717) is 70.3 Å². The summed E-state index contributed by atoms with van der Waals surface area (Å²) in [5.74, 6) is -4.70. The van der Waals surface area contributed by atoms with Crippen LogP contribution in [0, 0.1) is 36.0 Å². The molecule has 12 aromatic carbocycles. The second-order valence-corrected chi connectivity index (χ2v) is 28.0. The predicted octanol–water partition coefficient (Wildman–Crippen LogP) is 20.9. The molecule has 4 heterocycles. The van der Waals surface area contributed by atoms with Crippen molar-refractivity contribution in [2.75, 3.05) is 0 Å². The standard InChI is InChI=1S/C21H13Cl3N2O2.C21H13Cl2FN2O2.2C20H10Cl2F2N2O2/c22-16-6-1-4-13(15(16)11-27)12-5-2-9-19-14(12)10-25-21(28)26(19)20-17(23)7-3-8-18(20)24;1-11-10-12(24)8-9-13(11)14-4-2-7-17-18(14)20(27)25-21(28)26(17)19-15(22)5-3-6-16(19)23;21-13-4-2-5-14(22)18(13)26-16-6-1-3-12(17(16)19(27)25-20(26)28)11-8-7-10(23)9-15(11)24;21-12-4-2-5-13(22)19(12)26-15-6-1-3-10(11(15)9-25-20(26)28)17-16(27)8-7-14(23)18(17)24/h1-10,27H,11H2;2-10H,1H3,(H,25,27,28);1-9H,(H,25,27,28);1-9,27H. The van der Waals surface area contributed by atoms with Gasteiger partial charge in [-0.15, -0.1) is 0 Å². The molecule has 0 aliphatic rings. The van der Waals surface area contributed by atoms with Crippen LogP contribution in [0.4, 0.5) is 22.0 Å². The molecule has 4 aromatic heterocycles. The number of H-pyrrole nitrogens is 2. The maximum absolute atomic E-state index is 14.4. The zero-order valence-corrected chi connectivity index (χ0v) is 63.7. The van der Waals surface area contributed by atoms with E-state index >= 15 is 0 Å². The molecular weight excluding hydrogens is 1640 g/mol. The number of aromatic amines is 2. The number of aliphatic hydroxyl groups excluding tert-OH is 1. The lowest BCUT2D eigenvalue weighted by Crippen LogP contribution is -2.30. The van der Waals surface area contributed by atoms with Crippen LogP contribution in [0.5, 0.6) is 5.75 Å². The number of nitrogens with one attached hydrogen (secondary N) is 2. The smallest absolute Gasteiger partial charge is 0.352 e. The zero-order valence-electron chi connectivity index (χ0n) is 56.9. The molecule has 16 aromatic rings. The van der Waals surface area contributed by atoms with Crippen LogP contribution in [0.1, 0.15) is 11.1 Å². The van der Waals surface area contributed by atoms with Gasteiger partial charge in [-0.2, -0.15) is 0 Å². The Hall–Kier alpha value is -11.2. The summed E-state index contributed by atoms with van der Waals surface area (Å²) in [6, 6.07) is 53.9. The van der Waals surface area contributed by atoms with Crippen molar-refractivity contribution < 1.29 is 32.2 Å². The fourth-order valence-electron chi connectivity index (χ4n) is 12.9. The van der Waals surface area contributed by atoms with Crippen LogP contribution < -0.4 is 33.9 Å². The molecule has 0 aliphatic carbocycles. The van der Waals surface area contributed by atoms with E-state index in [1.54, 1.807) is 134 Å². The predicted molar refractivity (Wildman–Crippen MR) is 434 cm³/mol. The molecule has 0 spiro atoms. The molecule has 0 aliphatic heterocycles. The minimum absolute atomic E-state index is 0.0213. The highest BCUT2D eigenvalue weighted by Crippen LogP contribution is 2.42. The van der Waals surface area contributed by atoms with Gasteiger partial charge in [-0.25, -0.2) is 51.1 Å².